The zero-order valence-corrected chi connectivity index (χ0v) is 21.1. The van der Waals surface area contributed by atoms with Crippen LogP contribution in [0.3, 0.4) is 0 Å². The summed E-state index contributed by atoms with van der Waals surface area (Å²) in [5.74, 6) is -0.281. The van der Waals surface area contributed by atoms with Gasteiger partial charge >= 0.3 is 0 Å². The van der Waals surface area contributed by atoms with Gasteiger partial charge in [-0.3, -0.25) is 9.59 Å². The first-order chi connectivity index (χ1) is 16.9. The molecule has 2 aromatic carbocycles. The van der Waals surface area contributed by atoms with Crippen LogP contribution in [-0.2, 0) is 9.59 Å². The summed E-state index contributed by atoms with van der Waals surface area (Å²) in [6.45, 7) is 6.17. The van der Waals surface area contributed by atoms with Crippen molar-refractivity contribution in [2.75, 3.05) is 40.4 Å². The molecule has 1 N–H and O–H groups in total. The van der Waals surface area contributed by atoms with E-state index in [1.807, 2.05) is 50.2 Å². The lowest BCUT2D eigenvalue weighted by molar-refractivity contribution is -0.139. The molecule has 1 heterocycles. The minimum atomic E-state index is -0.721. The molecule has 1 unspecified atom stereocenters. The lowest BCUT2D eigenvalue weighted by atomic mass is 9.95. The number of carbonyl (C=O) groups is 2. The van der Waals surface area contributed by atoms with Gasteiger partial charge in [-0.1, -0.05) is 49.7 Å². The highest BCUT2D eigenvalue weighted by Gasteiger charge is 2.46. The second kappa shape index (κ2) is 12.4. The average molecular weight is 481 g/mol. The molecule has 0 bridgehead atoms. The maximum absolute atomic E-state index is 13.2. The number of nitrogens with zero attached hydrogens (tertiary/aromatic N) is 2. The molecule has 188 valence electrons. The van der Waals surface area contributed by atoms with Crippen molar-refractivity contribution in [1.82, 2.24) is 9.80 Å². The predicted molar refractivity (Wildman–Crippen MR) is 137 cm³/mol. The number of benzene rings is 2. The smallest absolute Gasteiger partial charge is 0.295 e. The molecule has 3 rings (SSSR count). The molecule has 0 radical (unpaired) electrons. The molecule has 35 heavy (non-hydrogen) atoms. The fourth-order valence-electron chi connectivity index (χ4n) is 4.17. The molecule has 1 aliphatic heterocycles. The highest BCUT2D eigenvalue weighted by atomic mass is 16.5. The normalized spacial score (nSPS) is 17.3. The SMILES string of the molecule is CCCCOc1ccc(C2/C(=C(\O)c3ccccc3)C(=O)C(=O)N2CCCN(C)C)cc1OCC. The van der Waals surface area contributed by atoms with E-state index in [-0.39, 0.29) is 11.3 Å². The van der Waals surface area contributed by atoms with Crippen molar-refractivity contribution < 1.29 is 24.2 Å². The van der Waals surface area contributed by atoms with E-state index >= 15 is 0 Å². The Morgan fingerprint density at radius 2 is 1.74 bits per heavy atom. The van der Waals surface area contributed by atoms with Crippen molar-refractivity contribution in [1.29, 1.82) is 0 Å². The van der Waals surface area contributed by atoms with Crippen LogP contribution in [0.5, 0.6) is 11.5 Å². The Hall–Kier alpha value is -3.32. The summed E-state index contributed by atoms with van der Waals surface area (Å²) >= 11 is 0. The first kappa shape index (κ1) is 26.3. The molecule has 7 nitrogen and oxygen atoms in total. The Bertz CT molecular complexity index is 1050. The van der Waals surface area contributed by atoms with Crippen LogP contribution in [0.1, 0.15) is 50.3 Å². The number of unbranched alkanes of at least 4 members (excludes halogenated alkanes) is 1. The fraction of sp³-hybridized carbons (Fsp3) is 0.429. The fourth-order valence-corrected chi connectivity index (χ4v) is 4.17. The van der Waals surface area contributed by atoms with Crippen LogP contribution in [0.2, 0.25) is 0 Å². The highest BCUT2D eigenvalue weighted by molar-refractivity contribution is 6.46. The molecule has 1 aliphatic rings. The molecule has 1 saturated heterocycles. The molecule has 2 aromatic rings. The van der Waals surface area contributed by atoms with Gasteiger partial charge in [-0.25, -0.2) is 0 Å². The summed E-state index contributed by atoms with van der Waals surface area (Å²) in [6.07, 6.45) is 2.64. The lowest BCUT2D eigenvalue weighted by Gasteiger charge is -2.26. The number of likely N-dealkylation sites (tertiary alicyclic amines) is 1. The van der Waals surface area contributed by atoms with Gasteiger partial charge in [0.1, 0.15) is 5.76 Å². The van der Waals surface area contributed by atoms with E-state index in [1.165, 1.54) is 0 Å². The molecule has 1 amide bonds. The van der Waals surface area contributed by atoms with E-state index in [2.05, 4.69) is 6.92 Å². The van der Waals surface area contributed by atoms with Crippen molar-refractivity contribution in [3.63, 3.8) is 0 Å². The third kappa shape index (κ3) is 6.22. The number of hydrogen-bond acceptors (Lipinski definition) is 6. The number of ketones is 1. The molecule has 0 spiro atoms. The summed E-state index contributed by atoms with van der Waals surface area (Å²) in [5, 5.41) is 11.2. The number of aliphatic hydroxyl groups excluding tert-OH is 1. The summed E-state index contributed by atoms with van der Waals surface area (Å²) in [5.41, 5.74) is 1.28. The van der Waals surface area contributed by atoms with Gasteiger partial charge in [0.05, 0.1) is 24.8 Å². The van der Waals surface area contributed by atoms with Gasteiger partial charge in [-0.15, -0.1) is 0 Å². The Morgan fingerprint density at radius 1 is 1.00 bits per heavy atom. The summed E-state index contributed by atoms with van der Waals surface area (Å²) < 4.78 is 11.8. The van der Waals surface area contributed by atoms with Crippen LogP contribution in [0.15, 0.2) is 54.1 Å². The zero-order valence-electron chi connectivity index (χ0n) is 21.1. The Morgan fingerprint density at radius 3 is 2.40 bits per heavy atom. The van der Waals surface area contributed by atoms with E-state index in [0.29, 0.717) is 48.8 Å². The van der Waals surface area contributed by atoms with E-state index < -0.39 is 17.7 Å². The molecule has 0 aliphatic carbocycles. The summed E-state index contributed by atoms with van der Waals surface area (Å²) in [6, 6.07) is 13.6. The minimum absolute atomic E-state index is 0.0909. The lowest BCUT2D eigenvalue weighted by Crippen LogP contribution is -2.32. The van der Waals surface area contributed by atoms with Crippen LogP contribution >= 0.6 is 0 Å². The van der Waals surface area contributed by atoms with Gasteiger partial charge < -0.3 is 24.4 Å². The van der Waals surface area contributed by atoms with Crippen LogP contribution in [-0.4, -0.2) is 67.0 Å². The zero-order chi connectivity index (χ0) is 25.4. The number of Topliss-reactive ketones (excluding diaryl/α,β-unsaturated/α-hetero) is 1. The molecule has 1 fully saturated rings. The topological polar surface area (TPSA) is 79.3 Å². The second-order valence-electron chi connectivity index (χ2n) is 8.86. The van der Waals surface area contributed by atoms with Crippen LogP contribution in [0, 0.1) is 0 Å². The van der Waals surface area contributed by atoms with E-state index in [9.17, 15) is 14.7 Å². The highest BCUT2D eigenvalue weighted by Crippen LogP contribution is 2.42. The van der Waals surface area contributed by atoms with Crippen LogP contribution in [0.25, 0.3) is 5.76 Å². The minimum Gasteiger partial charge on any atom is -0.507 e. The standard InChI is InChI=1S/C28H36N2O5/c1-5-7-18-35-22-15-14-21(19-23(22)34-6-2)25-24(26(31)20-12-9-8-10-13-20)27(32)28(33)30(25)17-11-16-29(3)4/h8-10,12-15,19,25,31H,5-7,11,16-18H2,1-4H3/b26-24+. The Labute approximate surface area is 207 Å². The third-order valence-corrected chi connectivity index (χ3v) is 5.93. The Balaban J connectivity index is 2.08. The van der Waals surface area contributed by atoms with Crippen molar-refractivity contribution in [3.05, 3.63) is 65.2 Å². The van der Waals surface area contributed by atoms with Crippen LogP contribution < -0.4 is 9.47 Å². The molecule has 7 heteroatoms. The molecule has 1 atom stereocenters. The van der Waals surface area contributed by atoms with Gasteiger partial charge in [-0.2, -0.15) is 0 Å². The van der Waals surface area contributed by atoms with Gasteiger partial charge in [-0.05, 0) is 58.1 Å². The number of carbonyl (C=O) groups excluding carboxylic acids is 2. The number of hydrogen-bond donors (Lipinski definition) is 1. The van der Waals surface area contributed by atoms with Gasteiger partial charge in [0, 0.05) is 12.1 Å². The van der Waals surface area contributed by atoms with Crippen LogP contribution in [0.4, 0.5) is 0 Å². The summed E-state index contributed by atoms with van der Waals surface area (Å²) in [4.78, 5) is 29.9. The Kier molecular flexibility index (Phi) is 9.32. The maximum Gasteiger partial charge on any atom is 0.295 e. The van der Waals surface area contributed by atoms with Gasteiger partial charge in [0.15, 0.2) is 11.5 Å². The van der Waals surface area contributed by atoms with E-state index in [4.69, 9.17) is 9.47 Å². The molecule has 0 saturated carbocycles. The van der Waals surface area contributed by atoms with Gasteiger partial charge in [0.2, 0.25) is 0 Å². The first-order valence-electron chi connectivity index (χ1n) is 12.3. The van der Waals surface area contributed by atoms with Crippen molar-refractivity contribution in [2.45, 2.75) is 39.2 Å². The number of amides is 1. The van der Waals surface area contributed by atoms with Gasteiger partial charge in [0.25, 0.3) is 11.7 Å². The second-order valence-corrected chi connectivity index (χ2v) is 8.86. The summed E-state index contributed by atoms with van der Waals surface area (Å²) in [7, 11) is 3.93. The monoisotopic (exact) mass is 480 g/mol. The van der Waals surface area contributed by atoms with Crippen molar-refractivity contribution in [3.8, 4) is 11.5 Å². The maximum atomic E-state index is 13.2. The predicted octanol–water partition coefficient (Wildman–Crippen LogP) is 4.64. The number of aliphatic hydroxyl groups is 1. The number of ether oxygens (including phenoxy) is 2. The molecule has 0 aromatic heterocycles. The molecular weight excluding hydrogens is 444 g/mol. The van der Waals surface area contributed by atoms with Crippen molar-refractivity contribution >= 4 is 17.4 Å². The molecular formula is C28H36N2O5. The quantitative estimate of drug-likeness (QED) is 0.206. The largest absolute Gasteiger partial charge is 0.507 e. The van der Waals surface area contributed by atoms with Crippen molar-refractivity contribution in [2.24, 2.45) is 0 Å². The van der Waals surface area contributed by atoms with E-state index in [1.54, 1.807) is 29.2 Å². The third-order valence-electron chi connectivity index (χ3n) is 5.93. The average Bonchev–Trinajstić information content (AvgIpc) is 3.10. The van der Waals surface area contributed by atoms with E-state index in [0.717, 1.165) is 19.4 Å². The first-order valence-corrected chi connectivity index (χ1v) is 12.3. The number of rotatable bonds is 12.